The molecule has 1 aromatic heterocycles. The van der Waals surface area contributed by atoms with Crippen molar-refractivity contribution in [2.45, 2.75) is 38.4 Å². The first kappa shape index (κ1) is 17.0. The van der Waals surface area contributed by atoms with Gasteiger partial charge in [-0.1, -0.05) is 0 Å². The van der Waals surface area contributed by atoms with Crippen molar-refractivity contribution in [1.82, 2.24) is 14.5 Å². The second-order valence-electron chi connectivity index (χ2n) is 4.90. The third-order valence-corrected chi connectivity index (χ3v) is 3.08. The van der Waals surface area contributed by atoms with E-state index in [1.54, 1.807) is 0 Å². The molecule has 1 aromatic rings. The van der Waals surface area contributed by atoms with Gasteiger partial charge in [-0.05, 0) is 0 Å². The van der Waals surface area contributed by atoms with E-state index in [4.69, 9.17) is 9.47 Å². The van der Waals surface area contributed by atoms with E-state index in [0.717, 1.165) is 10.9 Å². The molecular formula is C12H16N4O7. The smallest absolute Gasteiger partial charge is 0.354 e. The summed E-state index contributed by atoms with van der Waals surface area (Å²) >= 11 is 0. The molecule has 11 nitrogen and oxygen atoms in total. The summed E-state index contributed by atoms with van der Waals surface area (Å²) in [5.41, 5.74) is -0.840. The van der Waals surface area contributed by atoms with Gasteiger partial charge in [-0.15, -0.1) is 0 Å². The third-order valence-electron chi connectivity index (χ3n) is 3.08. The van der Waals surface area contributed by atoms with E-state index in [1.807, 2.05) is 0 Å². The van der Waals surface area contributed by atoms with E-state index in [2.05, 4.69) is 15.3 Å². The van der Waals surface area contributed by atoms with Crippen molar-refractivity contribution in [2.75, 3.05) is 11.9 Å². The number of carbonyl (C=O) groups excluding carboxylic acids is 2. The summed E-state index contributed by atoms with van der Waals surface area (Å²) in [7, 11) is 0. The monoisotopic (exact) mass is 328 g/mol. The number of anilines is 1. The number of carbonyl (C=O) groups is 2. The van der Waals surface area contributed by atoms with E-state index in [9.17, 15) is 24.6 Å². The highest BCUT2D eigenvalue weighted by molar-refractivity contribution is 5.86. The Labute approximate surface area is 129 Å². The zero-order valence-corrected chi connectivity index (χ0v) is 12.4. The zero-order chi connectivity index (χ0) is 17.1. The van der Waals surface area contributed by atoms with Crippen LogP contribution in [0.1, 0.15) is 20.1 Å². The standard InChI is InChI=1S/C12H16N4O7/c1-5(17)14-11-13-4-16(12(21)15-11)10-9(20)8(19)7(23-10)3-22-6(2)18/h4,7-10,19-20H,3H2,1-2H3,(H,14,15,17,21)/t7-,8-,9-,10-/m1/s1. The minimum atomic E-state index is -1.44. The van der Waals surface area contributed by atoms with Crippen LogP contribution in [0.2, 0.25) is 0 Å². The SMILES string of the molecule is CC(=O)Nc1ncn([C@@H]2O[C@H](COC(C)=O)[C@@H](O)[C@H]2O)c(=O)n1. The molecule has 3 N–H and O–H groups in total. The quantitative estimate of drug-likeness (QED) is 0.521. The molecule has 4 atom stereocenters. The molecule has 0 unspecified atom stereocenters. The molecule has 126 valence electrons. The average molecular weight is 328 g/mol. The fourth-order valence-corrected chi connectivity index (χ4v) is 2.03. The Balaban J connectivity index is 2.16. The average Bonchev–Trinajstić information content (AvgIpc) is 2.73. The molecule has 1 saturated heterocycles. The highest BCUT2D eigenvalue weighted by atomic mass is 16.6. The van der Waals surface area contributed by atoms with E-state index in [1.165, 1.54) is 13.8 Å². The number of esters is 1. The highest BCUT2D eigenvalue weighted by Gasteiger charge is 2.44. The Morgan fingerprint density at radius 3 is 2.65 bits per heavy atom. The third kappa shape index (κ3) is 3.88. The van der Waals surface area contributed by atoms with E-state index in [0.29, 0.717) is 0 Å². The summed E-state index contributed by atoms with van der Waals surface area (Å²) in [5.74, 6) is -1.21. The summed E-state index contributed by atoms with van der Waals surface area (Å²) in [6, 6.07) is 0. The molecule has 0 aromatic carbocycles. The predicted molar refractivity (Wildman–Crippen MR) is 73.2 cm³/mol. The predicted octanol–water partition coefficient (Wildman–Crippen LogP) is -2.22. The van der Waals surface area contributed by atoms with E-state index >= 15 is 0 Å². The molecule has 1 amide bonds. The molecule has 2 rings (SSSR count). The Kier molecular flexibility index (Phi) is 5.03. The lowest BCUT2D eigenvalue weighted by molar-refractivity contribution is -0.147. The summed E-state index contributed by atoms with van der Waals surface area (Å²) in [4.78, 5) is 40.9. The number of amides is 1. The molecular weight excluding hydrogens is 312 g/mol. The normalized spacial score (nSPS) is 26.8. The van der Waals surface area contributed by atoms with Crippen LogP contribution in [-0.2, 0) is 19.1 Å². The molecule has 23 heavy (non-hydrogen) atoms. The molecule has 1 aliphatic heterocycles. The number of aromatic nitrogens is 3. The van der Waals surface area contributed by atoms with Gasteiger partial charge in [-0.2, -0.15) is 4.98 Å². The number of nitrogens with zero attached hydrogens (tertiary/aromatic N) is 3. The van der Waals surface area contributed by atoms with Gasteiger partial charge in [0.15, 0.2) is 6.23 Å². The maximum absolute atomic E-state index is 11.9. The largest absolute Gasteiger partial charge is 0.463 e. The minimum Gasteiger partial charge on any atom is -0.463 e. The van der Waals surface area contributed by atoms with Crippen molar-refractivity contribution in [3.63, 3.8) is 0 Å². The van der Waals surface area contributed by atoms with Gasteiger partial charge in [0.25, 0.3) is 0 Å². The second-order valence-corrected chi connectivity index (χ2v) is 4.90. The van der Waals surface area contributed by atoms with Crippen molar-refractivity contribution in [1.29, 1.82) is 0 Å². The molecule has 1 fully saturated rings. The van der Waals surface area contributed by atoms with Crippen LogP contribution in [0.25, 0.3) is 0 Å². The first-order chi connectivity index (χ1) is 10.8. The summed E-state index contributed by atoms with van der Waals surface area (Å²) in [5, 5.41) is 22.1. The van der Waals surface area contributed by atoms with Gasteiger partial charge in [0, 0.05) is 13.8 Å². The van der Waals surface area contributed by atoms with Gasteiger partial charge in [0.2, 0.25) is 11.9 Å². The number of hydrogen-bond acceptors (Lipinski definition) is 9. The fraction of sp³-hybridized carbons (Fsp3) is 0.583. The van der Waals surface area contributed by atoms with Crippen LogP contribution in [0.3, 0.4) is 0 Å². The lowest BCUT2D eigenvalue weighted by atomic mass is 10.1. The van der Waals surface area contributed by atoms with Crippen LogP contribution in [0.5, 0.6) is 0 Å². The number of ether oxygens (including phenoxy) is 2. The summed E-state index contributed by atoms with van der Waals surface area (Å²) < 4.78 is 10.9. The number of hydrogen-bond donors (Lipinski definition) is 3. The lowest BCUT2D eigenvalue weighted by Crippen LogP contribution is -2.36. The van der Waals surface area contributed by atoms with E-state index < -0.39 is 42.1 Å². The van der Waals surface area contributed by atoms with Crippen molar-refractivity contribution in [3.05, 3.63) is 16.8 Å². The Morgan fingerprint density at radius 1 is 1.39 bits per heavy atom. The first-order valence-corrected chi connectivity index (χ1v) is 6.67. The van der Waals surface area contributed by atoms with Gasteiger partial charge < -0.3 is 19.7 Å². The van der Waals surface area contributed by atoms with Crippen molar-refractivity contribution in [3.8, 4) is 0 Å². The molecule has 0 spiro atoms. The molecule has 1 aliphatic rings. The van der Waals surface area contributed by atoms with Gasteiger partial charge in [0.1, 0.15) is 31.2 Å². The fourth-order valence-electron chi connectivity index (χ4n) is 2.03. The maximum Gasteiger partial charge on any atom is 0.354 e. The lowest BCUT2D eigenvalue weighted by Gasteiger charge is -2.16. The zero-order valence-electron chi connectivity index (χ0n) is 12.4. The minimum absolute atomic E-state index is 0.191. The molecule has 0 bridgehead atoms. The van der Waals surface area contributed by atoms with Gasteiger partial charge in [0.05, 0.1) is 0 Å². The van der Waals surface area contributed by atoms with Crippen molar-refractivity contribution in [2.24, 2.45) is 0 Å². The molecule has 11 heteroatoms. The summed E-state index contributed by atoms with van der Waals surface area (Å²) in [6.07, 6.45) is -4.02. The molecule has 0 saturated carbocycles. The van der Waals surface area contributed by atoms with Gasteiger partial charge >= 0.3 is 11.7 Å². The van der Waals surface area contributed by atoms with Gasteiger partial charge in [-0.25, -0.2) is 9.78 Å². The van der Waals surface area contributed by atoms with Crippen LogP contribution < -0.4 is 11.0 Å². The molecule has 2 heterocycles. The van der Waals surface area contributed by atoms with Crippen LogP contribution in [-0.4, -0.2) is 61.5 Å². The van der Waals surface area contributed by atoms with Crippen LogP contribution in [0.4, 0.5) is 5.95 Å². The first-order valence-electron chi connectivity index (χ1n) is 6.67. The van der Waals surface area contributed by atoms with Crippen LogP contribution in [0.15, 0.2) is 11.1 Å². The van der Waals surface area contributed by atoms with Crippen LogP contribution >= 0.6 is 0 Å². The molecule has 0 aliphatic carbocycles. The second kappa shape index (κ2) is 6.81. The number of aliphatic hydroxyl groups excluding tert-OH is 2. The summed E-state index contributed by atoms with van der Waals surface area (Å²) in [6.45, 7) is 2.15. The van der Waals surface area contributed by atoms with Crippen LogP contribution in [0, 0.1) is 0 Å². The Morgan fingerprint density at radius 2 is 2.09 bits per heavy atom. The molecule has 0 radical (unpaired) electrons. The highest BCUT2D eigenvalue weighted by Crippen LogP contribution is 2.28. The van der Waals surface area contributed by atoms with Gasteiger partial charge in [-0.3, -0.25) is 19.5 Å². The number of rotatable bonds is 4. The maximum atomic E-state index is 11.9. The Hall–Kier alpha value is -2.37. The topological polar surface area (TPSA) is 153 Å². The number of aliphatic hydroxyl groups is 2. The van der Waals surface area contributed by atoms with Crippen molar-refractivity contribution >= 4 is 17.8 Å². The van der Waals surface area contributed by atoms with Crippen molar-refractivity contribution < 1.29 is 29.3 Å². The Bertz CT molecular complexity index is 661. The van der Waals surface area contributed by atoms with E-state index in [-0.39, 0.29) is 12.6 Å². The number of nitrogens with one attached hydrogen (secondary N) is 1.